The molecule has 2 fully saturated rings. The van der Waals surface area contributed by atoms with Crippen LogP contribution in [0, 0.1) is 5.92 Å². The minimum absolute atomic E-state index is 0. The summed E-state index contributed by atoms with van der Waals surface area (Å²) in [5, 5.41) is 1.02. The number of benzene rings is 1. The maximum atomic E-state index is 14.1. The van der Waals surface area contributed by atoms with E-state index in [1.54, 1.807) is 7.11 Å². The summed E-state index contributed by atoms with van der Waals surface area (Å²) in [7, 11) is 1.73. The highest BCUT2D eigenvalue weighted by Gasteiger charge is 2.42. The lowest BCUT2D eigenvalue weighted by molar-refractivity contribution is -0.0247. The predicted octanol–water partition coefficient (Wildman–Crippen LogP) is 5.98. The standard InChI is InChI=1S/C27H41N3O2.ClH/c1-7-29-18(2)20(4)30(21(5)19(29)3)27(31)24-17-28(16-22-12-9-8-10-13-22)26-23(24)14-11-15-25(26)32-6;/h11,14-15,17-22H,7-10,12-13,16H2,1-6H3;1H. The molecule has 4 unspecified atom stereocenters. The fourth-order valence-electron chi connectivity index (χ4n) is 6.30. The zero-order valence-corrected chi connectivity index (χ0v) is 22.0. The summed E-state index contributed by atoms with van der Waals surface area (Å²) in [6, 6.07) is 7.11. The first-order valence-electron chi connectivity index (χ1n) is 12.6. The number of aromatic nitrogens is 1. The molecule has 33 heavy (non-hydrogen) atoms. The van der Waals surface area contributed by atoms with Crippen molar-refractivity contribution in [2.45, 2.75) is 97.4 Å². The maximum absolute atomic E-state index is 14.1. The first kappa shape index (κ1) is 25.9. The van der Waals surface area contributed by atoms with Crippen LogP contribution < -0.4 is 4.74 Å². The van der Waals surface area contributed by atoms with Crippen LogP contribution in [0.5, 0.6) is 5.75 Å². The van der Waals surface area contributed by atoms with E-state index in [1.807, 2.05) is 12.1 Å². The van der Waals surface area contributed by atoms with Crippen molar-refractivity contribution in [2.75, 3.05) is 13.7 Å². The van der Waals surface area contributed by atoms with Crippen LogP contribution in [-0.2, 0) is 6.54 Å². The van der Waals surface area contributed by atoms with E-state index in [4.69, 9.17) is 4.74 Å². The molecule has 0 spiro atoms. The van der Waals surface area contributed by atoms with Gasteiger partial charge in [-0.1, -0.05) is 38.3 Å². The van der Waals surface area contributed by atoms with Gasteiger partial charge in [-0.15, -0.1) is 12.4 Å². The molecule has 2 aromatic rings. The largest absolute Gasteiger partial charge is 0.495 e. The van der Waals surface area contributed by atoms with Crippen LogP contribution in [0.3, 0.4) is 0 Å². The Hall–Kier alpha value is -1.72. The number of piperazine rings is 1. The van der Waals surface area contributed by atoms with Gasteiger partial charge in [0.25, 0.3) is 5.91 Å². The van der Waals surface area contributed by atoms with Gasteiger partial charge in [-0.2, -0.15) is 0 Å². The topological polar surface area (TPSA) is 37.7 Å². The minimum atomic E-state index is 0. The van der Waals surface area contributed by atoms with Crippen LogP contribution in [-0.4, -0.2) is 58.1 Å². The van der Waals surface area contributed by atoms with Gasteiger partial charge < -0.3 is 14.2 Å². The van der Waals surface area contributed by atoms with E-state index >= 15 is 0 Å². The third kappa shape index (κ3) is 4.64. The second-order valence-corrected chi connectivity index (χ2v) is 10.1. The molecule has 4 rings (SSSR count). The van der Waals surface area contributed by atoms with Crippen LogP contribution in [0.25, 0.3) is 10.9 Å². The molecule has 1 aliphatic heterocycles. The molecule has 1 aromatic heterocycles. The highest BCUT2D eigenvalue weighted by atomic mass is 35.5. The number of methoxy groups -OCH3 is 1. The van der Waals surface area contributed by atoms with Crippen molar-refractivity contribution in [1.82, 2.24) is 14.4 Å². The molecular weight excluding hydrogens is 434 g/mol. The van der Waals surface area contributed by atoms with Crippen molar-refractivity contribution in [1.29, 1.82) is 0 Å². The Kier molecular flexibility index (Phi) is 8.39. The monoisotopic (exact) mass is 475 g/mol. The number of para-hydroxylation sites is 1. The van der Waals surface area contributed by atoms with Gasteiger partial charge in [0.2, 0.25) is 0 Å². The molecule has 4 atom stereocenters. The molecule has 1 aromatic carbocycles. The molecule has 0 N–H and O–H groups in total. The smallest absolute Gasteiger partial charge is 0.256 e. The number of ether oxygens (including phenoxy) is 1. The van der Waals surface area contributed by atoms with Gasteiger partial charge >= 0.3 is 0 Å². The molecule has 6 heteroatoms. The second-order valence-electron chi connectivity index (χ2n) is 10.1. The van der Waals surface area contributed by atoms with Crippen molar-refractivity contribution >= 4 is 29.2 Å². The van der Waals surface area contributed by atoms with E-state index in [9.17, 15) is 4.79 Å². The number of fused-ring (bicyclic) bond motifs is 1. The quantitative estimate of drug-likeness (QED) is 0.533. The summed E-state index contributed by atoms with van der Waals surface area (Å²) < 4.78 is 8.06. The van der Waals surface area contributed by atoms with Gasteiger partial charge in [-0.05, 0) is 59.1 Å². The van der Waals surface area contributed by atoms with Gasteiger partial charge in [0, 0.05) is 42.3 Å². The maximum Gasteiger partial charge on any atom is 0.256 e. The van der Waals surface area contributed by atoms with E-state index in [2.05, 4.69) is 61.2 Å². The third-order valence-electron chi connectivity index (χ3n) is 8.41. The highest BCUT2D eigenvalue weighted by molar-refractivity contribution is 6.08. The molecule has 1 saturated heterocycles. The Morgan fingerprint density at radius 1 is 1.00 bits per heavy atom. The fourth-order valence-corrected chi connectivity index (χ4v) is 6.30. The van der Waals surface area contributed by atoms with Gasteiger partial charge in [-0.25, -0.2) is 0 Å². The van der Waals surface area contributed by atoms with E-state index in [0.29, 0.717) is 18.0 Å². The highest BCUT2D eigenvalue weighted by Crippen LogP contribution is 2.35. The van der Waals surface area contributed by atoms with E-state index in [1.165, 1.54) is 32.1 Å². The molecule has 2 aliphatic rings. The first-order valence-corrected chi connectivity index (χ1v) is 12.6. The van der Waals surface area contributed by atoms with Crippen molar-refractivity contribution in [3.63, 3.8) is 0 Å². The number of likely N-dealkylation sites (N-methyl/N-ethyl adjacent to an activating group) is 1. The average molecular weight is 476 g/mol. The number of hydrogen-bond donors (Lipinski definition) is 0. The summed E-state index contributed by atoms with van der Waals surface area (Å²) in [4.78, 5) is 18.7. The van der Waals surface area contributed by atoms with Crippen molar-refractivity contribution in [3.8, 4) is 5.75 Å². The number of nitrogens with zero attached hydrogens (tertiary/aromatic N) is 3. The fraction of sp³-hybridized carbons (Fsp3) is 0.667. The number of carbonyl (C=O) groups is 1. The van der Waals surface area contributed by atoms with Crippen LogP contribution in [0.1, 0.15) is 77.1 Å². The second kappa shape index (κ2) is 10.7. The van der Waals surface area contributed by atoms with Gasteiger partial charge in [0.1, 0.15) is 5.75 Å². The number of hydrogen-bond acceptors (Lipinski definition) is 3. The molecular formula is C27H42ClN3O2. The van der Waals surface area contributed by atoms with Crippen LogP contribution in [0.15, 0.2) is 24.4 Å². The van der Waals surface area contributed by atoms with Crippen LogP contribution in [0.4, 0.5) is 0 Å². The summed E-state index contributed by atoms with van der Waals surface area (Å²) >= 11 is 0. The van der Waals surface area contributed by atoms with Crippen molar-refractivity contribution in [2.24, 2.45) is 5.92 Å². The normalized spacial score (nSPS) is 26.9. The molecule has 184 valence electrons. The zero-order valence-electron chi connectivity index (χ0n) is 21.2. The van der Waals surface area contributed by atoms with Gasteiger partial charge in [-0.3, -0.25) is 9.69 Å². The molecule has 5 nitrogen and oxygen atoms in total. The average Bonchev–Trinajstić information content (AvgIpc) is 3.17. The van der Waals surface area contributed by atoms with E-state index < -0.39 is 0 Å². The molecule has 0 bridgehead atoms. The Labute approximate surface area is 205 Å². The molecule has 0 radical (unpaired) electrons. The minimum Gasteiger partial charge on any atom is -0.495 e. The first-order chi connectivity index (χ1) is 15.4. The number of amides is 1. The molecule has 2 heterocycles. The Morgan fingerprint density at radius 3 is 2.21 bits per heavy atom. The number of rotatable bonds is 5. The SMILES string of the molecule is CCN1C(C)C(C)N(C(=O)c2cn(CC3CCCCC3)c3c(OC)cccc23)C(C)C1C.Cl. The zero-order chi connectivity index (χ0) is 23.0. The van der Waals surface area contributed by atoms with Gasteiger partial charge in [0.15, 0.2) is 0 Å². The summed E-state index contributed by atoms with van der Waals surface area (Å²) in [6.45, 7) is 13.1. The van der Waals surface area contributed by atoms with Gasteiger partial charge in [0.05, 0.1) is 18.2 Å². The number of halogens is 1. The van der Waals surface area contributed by atoms with Crippen molar-refractivity contribution in [3.05, 3.63) is 30.0 Å². The lowest BCUT2D eigenvalue weighted by Gasteiger charge is -2.52. The van der Waals surface area contributed by atoms with E-state index in [-0.39, 0.29) is 30.4 Å². The van der Waals surface area contributed by atoms with Crippen LogP contribution in [0.2, 0.25) is 0 Å². The van der Waals surface area contributed by atoms with E-state index in [0.717, 1.165) is 35.3 Å². The third-order valence-corrected chi connectivity index (χ3v) is 8.41. The predicted molar refractivity (Wildman–Crippen MR) is 139 cm³/mol. The van der Waals surface area contributed by atoms with Crippen molar-refractivity contribution < 1.29 is 9.53 Å². The summed E-state index contributed by atoms with van der Waals surface area (Å²) in [5.41, 5.74) is 1.88. The van der Waals surface area contributed by atoms with Crippen LogP contribution >= 0.6 is 12.4 Å². The Bertz CT molecular complexity index is 936. The molecule has 1 saturated carbocycles. The lowest BCUT2D eigenvalue weighted by atomic mass is 9.89. The Balaban J connectivity index is 0.00000306. The molecule has 1 aliphatic carbocycles. The Morgan fingerprint density at radius 2 is 1.64 bits per heavy atom. The summed E-state index contributed by atoms with van der Waals surface area (Å²) in [6.07, 6.45) is 8.66. The summed E-state index contributed by atoms with van der Waals surface area (Å²) in [5.74, 6) is 1.69. The molecule has 1 amide bonds. The lowest BCUT2D eigenvalue weighted by Crippen LogP contribution is -2.66. The number of carbonyl (C=O) groups excluding carboxylic acids is 1.